The predicted molar refractivity (Wildman–Crippen MR) is 81.5 cm³/mol. The van der Waals surface area contributed by atoms with E-state index in [1.807, 2.05) is 0 Å². The highest BCUT2D eigenvalue weighted by atomic mass is 32.2. The number of ether oxygens (including phenoxy) is 2. The molecule has 23 heavy (non-hydrogen) atoms. The van der Waals surface area contributed by atoms with Crippen molar-refractivity contribution in [2.45, 2.75) is 13.0 Å². The minimum atomic E-state index is -1.23. The first kappa shape index (κ1) is 18.5. The Balaban J connectivity index is 2.67. The van der Waals surface area contributed by atoms with Crippen LogP contribution in [-0.2, 0) is 14.3 Å². The summed E-state index contributed by atoms with van der Waals surface area (Å²) in [5.41, 5.74) is -0.159. The van der Waals surface area contributed by atoms with Gasteiger partial charge in [-0.2, -0.15) is 0 Å². The molecule has 0 aliphatic rings. The summed E-state index contributed by atoms with van der Waals surface area (Å²) in [4.78, 5) is 45.3. The second-order valence-corrected chi connectivity index (χ2v) is 5.20. The van der Waals surface area contributed by atoms with E-state index in [9.17, 15) is 19.2 Å². The Morgan fingerprint density at radius 1 is 1.26 bits per heavy atom. The smallest absolute Gasteiger partial charge is 0.372 e. The lowest BCUT2D eigenvalue weighted by Gasteiger charge is -2.14. The van der Waals surface area contributed by atoms with Crippen LogP contribution in [0.5, 0.6) is 5.75 Å². The van der Waals surface area contributed by atoms with E-state index < -0.39 is 29.2 Å². The van der Waals surface area contributed by atoms with Gasteiger partial charge in [-0.3, -0.25) is 4.79 Å². The van der Waals surface area contributed by atoms with Gasteiger partial charge in [-0.25, -0.2) is 14.4 Å². The van der Waals surface area contributed by atoms with Gasteiger partial charge in [0.1, 0.15) is 17.4 Å². The number of carboxylic acids is 1. The van der Waals surface area contributed by atoms with Crippen LogP contribution in [0.4, 0.5) is 4.79 Å². The van der Waals surface area contributed by atoms with Crippen molar-refractivity contribution in [1.82, 2.24) is 5.32 Å². The van der Waals surface area contributed by atoms with Crippen LogP contribution in [0.2, 0.25) is 0 Å². The number of para-hydroxylation sites is 1. The zero-order valence-electron chi connectivity index (χ0n) is 12.4. The maximum atomic E-state index is 11.8. The van der Waals surface area contributed by atoms with Crippen LogP contribution in [0.15, 0.2) is 24.3 Å². The van der Waals surface area contributed by atoms with E-state index in [4.69, 9.17) is 9.84 Å². The van der Waals surface area contributed by atoms with Gasteiger partial charge in [0.25, 0.3) is 0 Å². The van der Waals surface area contributed by atoms with Gasteiger partial charge < -0.3 is 19.9 Å². The molecule has 1 amide bonds. The van der Waals surface area contributed by atoms with E-state index >= 15 is 0 Å². The van der Waals surface area contributed by atoms with Crippen molar-refractivity contribution in [2.75, 3.05) is 12.9 Å². The molecular formula is C14H15NO7S. The number of rotatable bonds is 6. The number of carboxylic acid groups (broad SMARTS) is 1. The predicted octanol–water partition coefficient (Wildman–Crippen LogP) is 1.29. The highest BCUT2D eigenvalue weighted by Crippen LogP contribution is 2.20. The number of benzene rings is 1. The standard InChI is InChI=1S/C14H15NO7S/c1-8(16)15-10(13(19)21-2)7-23-14(20)22-11-6-4-3-5-9(11)12(17)18/h3-6,10H,7H2,1-2H3,(H,15,16)(H,17,18)/t10-/m0/s1. The number of aromatic carboxylic acids is 1. The third-order valence-corrected chi connectivity index (χ3v) is 3.36. The molecule has 0 aliphatic heterocycles. The van der Waals surface area contributed by atoms with Gasteiger partial charge in [0.05, 0.1) is 7.11 Å². The number of nitrogens with one attached hydrogen (secondary N) is 1. The topological polar surface area (TPSA) is 119 Å². The maximum Gasteiger partial charge on any atom is 0.372 e. The van der Waals surface area contributed by atoms with Crippen molar-refractivity contribution in [2.24, 2.45) is 0 Å². The quantitative estimate of drug-likeness (QED) is 0.743. The van der Waals surface area contributed by atoms with E-state index in [-0.39, 0.29) is 17.1 Å². The van der Waals surface area contributed by atoms with Crippen LogP contribution in [0.25, 0.3) is 0 Å². The van der Waals surface area contributed by atoms with Crippen molar-refractivity contribution in [3.05, 3.63) is 29.8 Å². The summed E-state index contributed by atoms with van der Waals surface area (Å²) in [6, 6.07) is 4.65. The maximum absolute atomic E-state index is 11.8. The van der Waals surface area contributed by atoms with Crippen molar-refractivity contribution < 1.29 is 33.8 Å². The number of carbonyl (C=O) groups is 4. The molecule has 1 atom stereocenters. The number of amides is 1. The van der Waals surface area contributed by atoms with E-state index in [0.29, 0.717) is 11.8 Å². The Hall–Kier alpha value is -2.55. The molecule has 0 saturated carbocycles. The molecule has 0 aliphatic carbocycles. The summed E-state index contributed by atoms with van der Waals surface area (Å²) in [7, 11) is 1.16. The lowest BCUT2D eigenvalue weighted by molar-refractivity contribution is -0.144. The van der Waals surface area contributed by atoms with Crippen LogP contribution in [0.3, 0.4) is 0 Å². The van der Waals surface area contributed by atoms with Gasteiger partial charge in [-0.05, 0) is 23.9 Å². The van der Waals surface area contributed by atoms with Crippen molar-refractivity contribution >= 4 is 34.9 Å². The third kappa shape index (κ3) is 5.99. The molecule has 1 aromatic rings. The van der Waals surface area contributed by atoms with Crippen molar-refractivity contribution in [3.63, 3.8) is 0 Å². The zero-order chi connectivity index (χ0) is 17.4. The highest BCUT2D eigenvalue weighted by Gasteiger charge is 2.23. The molecule has 0 unspecified atom stereocenters. The minimum Gasteiger partial charge on any atom is -0.478 e. The van der Waals surface area contributed by atoms with Gasteiger partial charge >= 0.3 is 17.2 Å². The average molecular weight is 341 g/mol. The molecule has 0 aromatic heterocycles. The summed E-state index contributed by atoms with van der Waals surface area (Å²) < 4.78 is 9.47. The Kier molecular flexibility index (Phi) is 7.07. The largest absolute Gasteiger partial charge is 0.478 e. The molecule has 0 spiro atoms. The van der Waals surface area contributed by atoms with E-state index in [1.54, 1.807) is 0 Å². The Morgan fingerprint density at radius 2 is 1.91 bits per heavy atom. The van der Waals surface area contributed by atoms with Crippen LogP contribution in [-0.4, -0.2) is 47.2 Å². The number of carbonyl (C=O) groups excluding carboxylic acids is 3. The summed E-state index contributed by atoms with van der Waals surface area (Å²) in [5, 5.41) is 10.5. The second-order valence-electron chi connectivity index (χ2n) is 4.24. The molecule has 9 heteroatoms. The SMILES string of the molecule is COC(=O)[C@H](CSC(=O)Oc1ccccc1C(=O)O)NC(C)=O. The summed E-state index contributed by atoms with van der Waals surface area (Å²) in [6.45, 7) is 1.22. The number of methoxy groups -OCH3 is 1. The van der Waals surface area contributed by atoms with Gasteiger partial charge in [0.15, 0.2) is 0 Å². The summed E-state index contributed by atoms with van der Waals surface area (Å²) in [6.07, 6.45) is 0. The van der Waals surface area contributed by atoms with Crippen LogP contribution < -0.4 is 10.1 Å². The Labute approximate surface area is 136 Å². The lowest BCUT2D eigenvalue weighted by atomic mass is 10.2. The molecule has 124 valence electrons. The van der Waals surface area contributed by atoms with Gasteiger partial charge in [-0.1, -0.05) is 12.1 Å². The second kappa shape index (κ2) is 8.79. The highest BCUT2D eigenvalue weighted by molar-refractivity contribution is 8.13. The van der Waals surface area contributed by atoms with E-state index in [2.05, 4.69) is 10.1 Å². The van der Waals surface area contributed by atoms with Gasteiger partial charge in [0, 0.05) is 12.7 Å². The molecule has 8 nitrogen and oxygen atoms in total. The third-order valence-electron chi connectivity index (χ3n) is 2.54. The van der Waals surface area contributed by atoms with Crippen LogP contribution >= 0.6 is 11.8 Å². The van der Waals surface area contributed by atoms with Crippen molar-refractivity contribution in [3.8, 4) is 5.75 Å². The Bertz CT molecular complexity index is 617. The molecule has 0 heterocycles. The first-order chi connectivity index (χ1) is 10.8. The number of esters is 1. The monoisotopic (exact) mass is 341 g/mol. The van der Waals surface area contributed by atoms with Crippen LogP contribution in [0.1, 0.15) is 17.3 Å². The molecule has 2 N–H and O–H groups in total. The molecule has 0 radical (unpaired) electrons. The number of hydrogen-bond acceptors (Lipinski definition) is 7. The molecule has 0 bridgehead atoms. The zero-order valence-corrected chi connectivity index (χ0v) is 13.2. The summed E-state index contributed by atoms with van der Waals surface area (Å²) >= 11 is 0.616. The fourth-order valence-corrected chi connectivity index (χ4v) is 2.23. The lowest BCUT2D eigenvalue weighted by Crippen LogP contribution is -2.42. The fraction of sp³-hybridized carbons (Fsp3) is 0.286. The van der Waals surface area contributed by atoms with Gasteiger partial charge in [0.2, 0.25) is 5.91 Å². The molecule has 0 fully saturated rings. The first-order valence-corrected chi connectivity index (χ1v) is 7.35. The van der Waals surface area contributed by atoms with E-state index in [0.717, 1.165) is 7.11 Å². The number of thioether (sulfide) groups is 1. The molecule has 0 saturated heterocycles. The van der Waals surface area contributed by atoms with Gasteiger partial charge in [-0.15, -0.1) is 0 Å². The first-order valence-electron chi connectivity index (χ1n) is 6.37. The van der Waals surface area contributed by atoms with Crippen molar-refractivity contribution in [1.29, 1.82) is 0 Å². The normalized spacial score (nSPS) is 11.2. The number of hydrogen-bond donors (Lipinski definition) is 2. The Morgan fingerprint density at radius 3 is 2.48 bits per heavy atom. The molecule has 1 aromatic carbocycles. The minimum absolute atomic E-state index is 0.105. The van der Waals surface area contributed by atoms with Crippen LogP contribution in [0, 0.1) is 0 Å². The average Bonchev–Trinajstić information content (AvgIpc) is 2.50. The summed E-state index contributed by atoms with van der Waals surface area (Å²) in [5.74, 6) is -2.60. The molecular weight excluding hydrogens is 326 g/mol. The van der Waals surface area contributed by atoms with E-state index in [1.165, 1.54) is 31.2 Å². The molecule has 1 rings (SSSR count). The fourth-order valence-electron chi connectivity index (χ4n) is 1.56.